The van der Waals surface area contributed by atoms with Crippen LogP contribution in [0.4, 0.5) is 5.69 Å². The number of aryl methyl sites for hydroxylation is 2. The molecule has 1 aliphatic heterocycles. The van der Waals surface area contributed by atoms with E-state index >= 15 is 0 Å². The lowest BCUT2D eigenvalue weighted by atomic mass is 10.1. The maximum atomic E-state index is 12.9. The van der Waals surface area contributed by atoms with Gasteiger partial charge in [0.25, 0.3) is 5.91 Å². The number of aromatic nitrogens is 1. The van der Waals surface area contributed by atoms with Crippen molar-refractivity contribution in [2.45, 2.75) is 23.8 Å². The van der Waals surface area contributed by atoms with E-state index in [0.29, 0.717) is 36.8 Å². The van der Waals surface area contributed by atoms with Crippen molar-refractivity contribution < 1.29 is 13.2 Å². The molecule has 1 fully saturated rings. The molecule has 0 spiro atoms. The first-order chi connectivity index (χ1) is 15.3. The maximum Gasteiger partial charge on any atom is 0.255 e. The molecule has 0 N–H and O–H groups in total. The predicted molar refractivity (Wildman–Crippen MR) is 125 cm³/mol. The van der Waals surface area contributed by atoms with Crippen molar-refractivity contribution in [3.8, 4) is 0 Å². The Morgan fingerprint density at radius 2 is 1.59 bits per heavy atom. The second kappa shape index (κ2) is 8.92. The van der Waals surface area contributed by atoms with Crippen LogP contribution in [0, 0.1) is 13.8 Å². The summed E-state index contributed by atoms with van der Waals surface area (Å²) in [6.45, 7) is 6.37. The zero-order valence-electron chi connectivity index (χ0n) is 18.0. The molecular weight excluding hydrogens is 446 g/mol. The zero-order valence-corrected chi connectivity index (χ0v) is 19.5. The van der Waals surface area contributed by atoms with Crippen molar-refractivity contribution in [1.29, 1.82) is 0 Å². The second-order valence-electron chi connectivity index (χ2n) is 7.89. The van der Waals surface area contributed by atoms with E-state index in [9.17, 15) is 13.2 Å². The largest absolute Gasteiger partial charge is 0.368 e. The first-order valence-corrected chi connectivity index (χ1v) is 12.2. The number of pyridine rings is 1. The number of piperazine rings is 1. The first kappa shape index (κ1) is 22.3. The van der Waals surface area contributed by atoms with Crippen LogP contribution < -0.4 is 4.90 Å². The summed E-state index contributed by atoms with van der Waals surface area (Å²) in [5, 5.41) is 0.628. The molecule has 0 bridgehead atoms. The number of hydrogen-bond acceptors (Lipinski definition) is 5. The lowest BCUT2D eigenvalue weighted by Gasteiger charge is -2.36. The molecule has 2 aromatic carbocycles. The number of amides is 1. The van der Waals surface area contributed by atoms with Crippen molar-refractivity contribution in [2.24, 2.45) is 0 Å². The lowest BCUT2D eigenvalue weighted by molar-refractivity contribution is 0.0746. The number of rotatable bonds is 4. The van der Waals surface area contributed by atoms with Crippen LogP contribution in [0.5, 0.6) is 0 Å². The molecule has 1 aromatic heterocycles. The van der Waals surface area contributed by atoms with Crippen molar-refractivity contribution in [3.63, 3.8) is 0 Å². The number of benzene rings is 2. The molecule has 8 heteroatoms. The molecule has 1 saturated heterocycles. The minimum atomic E-state index is -3.74. The average Bonchev–Trinajstić information content (AvgIpc) is 2.81. The molecule has 2 heterocycles. The Bertz CT molecular complexity index is 1230. The summed E-state index contributed by atoms with van der Waals surface area (Å²) in [7, 11) is -3.74. The van der Waals surface area contributed by atoms with Crippen LogP contribution in [0.15, 0.2) is 70.7 Å². The van der Waals surface area contributed by atoms with Crippen molar-refractivity contribution in [3.05, 3.63) is 82.5 Å². The Kier molecular flexibility index (Phi) is 6.22. The topological polar surface area (TPSA) is 70.6 Å². The van der Waals surface area contributed by atoms with Crippen LogP contribution in [0.2, 0.25) is 5.02 Å². The van der Waals surface area contributed by atoms with Gasteiger partial charge in [0.2, 0.25) is 9.84 Å². The standard InChI is InChI=1S/C24H24ClN3O3S/c1-17-3-9-22(15-18(17)2)32(30,31)23-10-4-19(16-26-23)24(29)28-13-11-27(12-14-28)21-7-5-20(25)6-8-21/h3-10,15-16H,11-14H2,1-2H3. The van der Waals surface area contributed by atoms with Gasteiger partial charge in [0.1, 0.15) is 0 Å². The van der Waals surface area contributed by atoms with Crippen molar-refractivity contribution in [1.82, 2.24) is 9.88 Å². The third-order valence-electron chi connectivity index (χ3n) is 5.81. The van der Waals surface area contributed by atoms with E-state index in [1.807, 2.05) is 38.1 Å². The summed E-state index contributed by atoms with van der Waals surface area (Å²) in [5.74, 6) is -0.150. The maximum absolute atomic E-state index is 12.9. The van der Waals surface area contributed by atoms with Gasteiger partial charge in [-0.2, -0.15) is 0 Å². The second-order valence-corrected chi connectivity index (χ2v) is 10.2. The summed E-state index contributed by atoms with van der Waals surface area (Å²) >= 11 is 5.96. The van der Waals surface area contributed by atoms with Gasteiger partial charge in [-0.25, -0.2) is 13.4 Å². The number of hydrogen-bond donors (Lipinski definition) is 0. The van der Waals surface area contributed by atoms with Gasteiger partial charge in [-0.3, -0.25) is 4.79 Å². The van der Waals surface area contributed by atoms with Crippen molar-refractivity contribution in [2.75, 3.05) is 31.1 Å². The number of carbonyl (C=O) groups is 1. The summed E-state index contributed by atoms with van der Waals surface area (Å²) in [4.78, 5) is 21.2. The van der Waals surface area contributed by atoms with Gasteiger partial charge in [-0.15, -0.1) is 0 Å². The molecule has 0 aliphatic carbocycles. The predicted octanol–water partition coefficient (Wildman–Crippen LogP) is 4.15. The summed E-state index contributed by atoms with van der Waals surface area (Å²) in [6.07, 6.45) is 1.35. The van der Waals surface area contributed by atoms with Crippen LogP contribution in [-0.4, -0.2) is 50.4 Å². The molecule has 32 heavy (non-hydrogen) atoms. The van der Waals surface area contributed by atoms with Gasteiger partial charge in [0, 0.05) is 43.1 Å². The van der Waals surface area contributed by atoms with Gasteiger partial charge in [0.05, 0.1) is 10.5 Å². The van der Waals surface area contributed by atoms with E-state index in [2.05, 4.69) is 9.88 Å². The summed E-state index contributed by atoms with van der Waals surface area (Å²) < 4.78 is 25.8. The third kappa shape index (κ3) is 4.49. The Morgan fingerprint density at radius 1 is 0.906 bits per heavy atom. The lowest BCUT2D eigenvalue weighted by Crippen LogP contribution is -2.48. The number of nitrogens with zero attached hydrogens (tertiary/aromatic N) is 3. The Labute approximate surface area is 193 Å². The van der Waals surface area contributed by atoms with Gasteiger partial charge < -0.3 is 9.80 Å². The fraction of sp³-hybridized carbons (Fsp3) is 0.250. The fourth-order valence-electron chi connectivity index (χ4n) is 3.67. The molecule has 4 rings (SSSR count). The number of carbonyl (C=O) groups excluding carboxylic acids is 1. The van der Waals surface area contributed by atoms with Crippen LogP contribution in [0.25, 0.3) is 0 Å². The normalized spacial score (nSPS) is 14.5. The molecule has 1 aliphatic rings. The minimum Gasteiger partial charge on any atom is -0.368 e. The molecule has 6 nitrogen and oxygen atoms in total. The van der Waals surface area contributed by atoms with Gasteiger partial charge in [0.15, 0.2) is 5.03 Å². The van der Waals surface area contributed by atoms with E-state index in [4.69, 9.17) is 11.6 Å². The fourth-order valence-corrected chi connectivity index (χ4v) is 5.06. The van der Waals surface area contributed by atoms with E-state index < -0.39 is 9.84 Å². The first-order valence-electron chi connectivity index (χ1n) is 10.3. The molecule has 0 unspecified atom stereocenters. The van der Waals surface area contributed by atoms with E-state index in [1.165, 1.54) is 18.3 Å². The monoisotopic (exact) mass is 469 g/mol. The highest BCUT2D eigenvalue weighted by Gasteiger charge is 2.24. The molecule has 1 amide bonds. The average molecular weight is 470 g/mol. The van der Waals surface area contributed by atoms with Crippen LogP contribution in [-0.2, 0) is 9.84 Å². The van der Waals surface area contributed by atoms with Gasteiger partial charge in [-0.1, -0.05) is 17.7 Å². The molecule has 0 radical (unpaired) electrons. The number of anilines is 1. The quantitative estimate of drug-likeness (QED) is 0.574. The van der Waals surface area contributed by atoms with Gasteiger partial charge >= 0.3 is 0 Å². The van der Waals surface area contributed by atoms with Crippen LogP contribution in [0.3, 0.4) is 0 Å². The molecule has 3 aromatic rings. The zero-order chi connectivity index (χ0) is 22.9. The smallest absolute Gasteiger partial charge is 0.255 e. The highest BCUT2D eigenvalue weighted by atomic mass is 35.5. The Balaban J connectivity index is 1.44. The SMILES string of the molecule is Cc1ccc(S(=O)(=O)c2ccc(C(=O)N3CCN(c4ccc(Cl)cc4)CC3)cn2)cc1C. The third-order valence-corrected chi connectivity index (χ3v) is 7.72. The van der Waals surface area contributed by atoms with E-state index in [1.54, 1.807) is 23.1 Å². The highest BCUT2D eigenvalue weighted by molar-refractivity contribution is 7.91. The van der Waals surface area contributed by atoms with Gasteiger partial charge in [-0.05, 0) is 73.5 Å². The molecule has 166 valence electrons. The van der Waals surface area contributed by atoms with E-state index in [0.717, 1.165) is 16.8 Å². The summed E-state index contributed by atoms with van der Waals surface area (Å²) in [6, 6.07) is 15.6. The number of halogens is 1. The molecular formula is C24H24ClN3O3S. The number of sulfone groups is 1. The Hall–Kier alpha value is -2.90. The Morgan fingerprint density at radius 3 is 2.19 bits per heavy atom. The van der Waals surface area contributed by atoms with Crippen molar-refractivity contribution >= 4 is 33.0 Å². The van der Waals surface area contributed by atoms with Crippen LogP contribution in [0.1, 0.15) is 21.5 Å². The molecule has 0 atom stereocenters. The summed E-state index contributed by atoms with van der Waals surface area (Å²) in [5.41, 5.74) is 3.37. The van der Waals surface area contributed by atoms with Crippen LogP contribution >= 0.6 is 11.6 Å². The van der Waals surface area contributed by atoms with E-state index in [-0.39, 0.29) is 15.8 Å². The minimum absolute atomic E-state index is 0.0649. The highest BCUT2D eigenvalue weighted by Crippen LogP contribution is 2.23. The molecule has 0 saturated carbocycles.